The molecule has 0 unspecified atom stereocenters. The summed E-state index contributed by atoms with van der Waals surface area (Å²) in [4.78, 5) is 27.9. The molecule has 0 aromatic heterocycles. The highest BCUT2D eigenvalue weighted by atomic mass is 35.5. The van der Waals surface area contributed by atoms with E-state index in [0.29, 0.717) is 33.9 Å². The molecule has 0 saturated heterocycles. The van der Waals surface area contributed by atoms with Gasteiger partial charge in [0.15, 0.2) is 0 Å². The molecule has 0 heterocycles. The van der Waals surface area contributed by atoms with Gasteiger partial charge >= 0.3 is 6.18 Å². The number of alkyl halides is 3. The molecule has 0 radical (unpaired) electrons. The standard InChI is InChI=1S/C30H32Cl2F3N3O4S/c1-4-5-16-36-29(40)21(3)37(18-22-8-6-7-9-26(22)31)28(39)19-38(43(41,42)24-13-10-20(2)11-14-24)23-12-15-27(32)25(17-23)30(33,34)35/h6-15,17,21H,4-5,16,18-19H2,1-3H3,(H,36,40)/t21-/m0/s1. The molecule has 0 aliphatic carbocycles. The van der Waals surface area contributed by atoms with Gasteiger partial charge in [0.25, 0.3) is 10.0 Å². The molecule has 0 spiro atoms. The van der Waals surface area contributed by atoms with Gasteiger partial charge in [-0.2, -0.15) is 13.2 Å². The summed E-state index contributed by atoms with van der Waals surface area (Å²) in [6, 6.07) is 13.8. The molecule has 1 N–H and O–H groups in total. The molecule has 7 nitrogen and oxygen atoms in total. The van der Waals surface area contributed by atoms with Crippen LogP contribution in [0.1, 0.15) is 43.4 Å². The number of benzene rings is 3. The largest absolute Gasteiger partial charge is 0.417 e. The normalized spacial score (nSPS) is 12.5. The van der Waals surface area contributed by atoms with Crippen molar-refractivity contribution < 1.29 is 31.2 Å². The molecule has 0 aliphatic rings. The molecule has 13 heteroatoms. The van der Waals surface area contributed by atoms with Crippen molar-refractivity contribution in [1.29, 1.82) is 0 Å². The van der Waals surface area contributed by atoms with E-state index in [0.717, 1.165) is 29.0 Å². The zero-order valence-electron chi connectivity index (χ0n) is 23.8. The molecule has 1 atom stereocenters. The fourth-order valence-electron chi connectivity index (χ4n) is 4.18. The Hall–Kier alpha value is -3.28. The lowest BCUT2D eigenvalue weighted by Crippen LogP contribution is -2.51. The Bertz CT molecular complexity index is 1550. The van der Waals surface area contributed by atoms with E-state index in [1.807, 2.05) is 6.92 Å². The first-order chi connectivity index (χ1) is 20.2. The number of hydrogen-bond acceptors (Lipinski definition) is 4. The van der Waals surface area contributed by atoms with E-state index in [4.69, 9.17) is 23.2 Å². The van der Waals surface area contributed by atoms with Crippen LogP contribution in [0.15, 0.2) is 71.6 Å². The van der Waals surface area contributed by atoms with Gasteiger partial charge in [0.2, 0.25) is 11.8 Å². The monoisotopic (exact) mass is 657 g/mol. The quantitative estimate of drug-likeness (QED) is 0.216. The first-order valence-corrected chi connectivity index (χ1v) is 15.6. The third-order valence-electron chi connectivity index (χ3n) is 6.73. The predicted octanol–water partition coefficient (Wildman–Crippen LogP) is 6.85. The highest BCUT2D eigenvalue weighted by Gasteiger charge is 2.37. The molecular formula is C30H32Cl2F3N3O4S. The molecule has 0 aliphatic heterocycles. The maximum absolute atomic E-state index is 13.9. The molecule has 3 rings (SSSR count). The Morgan fingerprint density at radius 1 is 0.977 bits per heavy atom. The van der Waals surface area contributed by atoms with Crippen molar-refractivity contribution in [2.45, 2.75) is 57.3 Å². The molecule has 3 aromatic rings. The fraction of sp³-hybridized carbons (Fsp3) is 0.333. The highest BCUT2D eigenvalue weighted by molar-refractivity contribution is 7.92. The predicted molar refractivity (Wildman–Crippen MR) is 162 cm³/mol. The molecular weight excluding hydrogens is 626 g/mol. The number of aryl methyl sites for hydroxylation is 1. The summed E-state index contributed by atoms with van der Waals surface area (Å²) >= 11 is 12.1. The van der Waals surface area contributed by atoms with E-state index in [2.05, 4.69) is 5.32 Å². The molecule has 0 bridgehead atoms. The van der Waals surface area contributed by atoms with Crippen LogP contribution in [0.4, 0.5) is 18.9 Å². The lowest BCUT2D eigenvalue weighted by atomic mass is 10.1. The summed E-state index contributed by atoms with van der Waals surface area (Å²) in [6.07, 6.45) is -3.36. The molecule has 43 heavy (non-hydrogen) atoms. The second-order valence-corrected chi connectivity index (χ2v) is 12.6. The van der Waals surface area contributed by atoms with Gasteiger partial charge in [-0.15, -0.1) is 0 Å². The zero-order valence-corrected chi connectivity index (χ0v) is 26.1. The van der Waals surface area contributed by atoms with E-state index in [1.54, 1.807) is 31.2 Å². The first-order valence-electron chi connectivity index (χ1n) is 13.4. The van der Waals surface area contributed by atoms with Gasteiger partial charge in [0, 0.05) is 18.1 Å². The summed E-state index contributed by atoms with van der Waals surface area (Å²) in [5, 5.41) is 2.44. The Labute approximate surface area is 259 Å². The van der Waals surface area contributed by atoms with E-state index in [1.165, 1.54) is 31.2 Å². The second kappa shape index (κ2) is 14.5. The van der Waals surface area contributed by atoms with Crippen LogP contribution in [-0.2, 0) is 32.3 Å². The molecule has 2 amide bonds. The van der Waals surface area contributed by atoms with Crippen LogP contribution < -0.4 is 9.62 Å². The maximum atomic E-state index is 13.9. The SMILES string of the molecule is CCCCNC(=O)[C@H](C)N(Cc1ccccc1Cl)C(=O)CN(c1ccc(Cl)c(C(F)(F)F)c1)S(=O)(=O)c1ccc(C)cc1. The molecule has 232 valence electrons. The fourth-order valence-corrected chi connectivity index (χ4v) is 6.01. The zero-order chi connectivity index (χ0) is 31.9. The number of halogens is 5. The van der Waals surface area contributed by atoms with Gasteiger partial charge < -0.3 is 10.2 Å². The van der Waals surface area contributed by atoms with E-state index in [-0.39, 0.29) is 11.4 Å². The van der Waals surface area contributed by atoms with E-state index < -0.39 is 56.9 Å². The second-order valence-electron chi connectivity index (χ2n) is 9.92. The Kier molecular flexibility index (Phi) is 11.5. The molecule has 0 saturated carbocycles. The minimum Gasteiger partial charge on any atom is -0.354 e. The van der Waals surface area contributed by atoms with Crippen LogP contribution in [0.25, 0.3) is 0 Å². The average molecular weight is 659 g/mol. The number of carbonyl (C=O) groups excluding carboxylic acids is 2. The van der Waals surface area contributed by atoms with Gasteiger partial charge in [-0.3, -0.25) is 13.9 Å². The van der Waals surface area contributed by atoms with Crippen LogP contribution in [-0.4, -0.2) is 44.3 Å². The number of hydrogen-bond donors (Lipinski definition) is 1. The highest BCUT2D eigenvalue weighted by Crippen LogP contribution is 2.38. The van der Waals surface area contributed by atoms with Crippen molar-refractivity contribution >= 4 is 50.7 Å². The van der Waals surface area contributed by atoms with Crippen LogP contribution in [0.2, 0.25) is 10.0 Å². The number of unbranched alkanes of at least 4 members (excludes halogenated alkanes) is 1. The number of rotatable bonds is 12. The van der Waals surface area contributed by atoms with Gasteiger partial charge in [-0.25, -0.2) is 8.42 Å². The first kappa shape index (κ1) is 34.2. The third kappa shape index (κ3) is 8.64. The number of anilines is 1. The lowest BCUT2D eigenvalue weighted by Gasteiger charge is -2.32. The van der Waals surface area contributed by atoms with Crippen LogP contribution in [0.3, 0.4) is 0 Å². The van der Waals surface area contributed by atoms with Crippen molar-refractivity contribution in [1.82, 2.24) is 10.2 Å². The summed E-state index contributed by atoms with van der Waals surface area (Å²) in [5.74, 6) is -1.31. The van der Waals surface area contributed by atoms with Crippen LogP contribution >= 0.6 is 23.2 Å². The van der Waals surface area contributed by atoms with Gasteiger partial charge in [0.1, 0.15) is 12.6 Å². The Balaban J connectivity index is 2.11. The number of nitrogens with zero attached hydrogens (tertiary/aromatic N) is 2. The minimum absolute atomic E-state index is 0.159. The van der Waals surface area contributed by atoms with Gasteiger partial charge in [-0.1, -0.05) is 72.4 Å². The topological polar surface area (TPSA) is 86.8 Å². The Morgan fingerprint density at radius 2 is 1.63 bits per heavy atom. The number of carbonyl (C=O) groups is 2. The summed E-state index contributed by atoms with van der Waals surface area (Å²) < 4.78 is 69.6. The average Bonchev–Trinajstić information content (AvgIpc) is 2.95. The molecule has 3 aromatic carbocycles. The molecule has 0 fully saturated rings. The lowest BCUT2D eigenvalue weighted by molar-refractivity contribution is -0.139. The number of amides is 2. The number of sulfonamides is 1. The third-order valence-corrected chi connectivity index (χ3v) is 9.21. The summed E-state index contributed by atoms with van der Waals surface area (Å²) in [7, 11) is -4.57. The van der Waals surface area contributed by atoms with Crippen LogP contribution in [0.5, 0.6) is 0 Å². The smallest absolute Gasteiger partial charge is 0.354 e. The summed E-state index contributed by atoms with van der Waals surface area (Å²) in [6.45, 7) is 4.48. The van der Waals surface area contributed by atoms with Crippen molar-refractivity contribution in [2.24, 2.45) is 0 Å². The van der Waals surface area contributed by atoms with Crippen molar-refractivity contribution in [3.63, 3.8) is 0 Å². The number of nitrogens with one attached hydrogen (secondary N) is 1. The minimum atomic E-state index is -4.89. The van der Waals surface area contributed by atoms with E-state index in [9.17, 15) is 31.2 Å². The van der Waals surface area contributed by atoms with Crippen molar-refractivity contribution in [3.05, 3.63) is 93.5 Å². The maximum Gasteiger partial charge on any atom is 0.417 e. The van der Waals surface area contributed by atoms with Crippen LogP contribution in [0, 0.1) is 6.92 Å². The van der Waals surface area contributed by atoms with Gasteiger partial charge in [0.05, 0.1) is 21.2 Å². The van der Waals surface area contributed by atoms with E-state index >= 15 is 0 Å². The van der Waals surface area contributed by atoms with Crippen molar-refractivity contribution in [3.8, 4) is 0 Å². The summed E-state index contributed by atoms with van der Waals surface area (Å²) in [5.41, 5.74) is -0.450. The Morgan fingerprint density at radius 3 is 2.23 bits per heavy atom. The van der Waals surface area contributed by atoms with Gasteiger partial charge in [-0.05, 0) is 62.2 Å². The van der Waals surface area contributed by atoms with Crippen molar-refractivity contribution in [2.75, 3.05) is 17.4 Å².